The maximum Gasteiger partial charge on any atom is 0.387 e. The van der Waals surface area contributed by atoms with Gasteiger partial charge in [-0.2, -0.15) is 8.78 Å². The summed E-state index contributed by atoms with van der Waals surface area (Å²) in [6.45, 7) is -1.43. The number of ether oxygens (including phenoxy) is 1. The maximum absolute atomic E-state index is 12.8. The Morgan fingerprint density at radius 3 is 2.80 bits per heavy atom. The van der Waals surface area contributed by atoms with Crippen LogP contribution in [-0.4, -0.2) is 68.0 Å². The Labute approximate surface area is 145 Å². The predicted molar refractivity (Wildman–Crippen MR) is 88.7 cm³/mol. The molecule has 1 aromatic carbocycles. The number of halogens is 2. The molecule has 1 aliphatic heterocycles. The van der Waals surface area contributed by atoms with E-state index in [9.17, 15) is 18.4 Å². The highest BCUT2D eigenvalue weighted by molar-refractivity contribution is 6.00. The monoisotopic (exact) mass is 355 g/mol. The minimum atomic E-state index is -3.02. The molecule has 8 heteroatoms. The van der Waals surface area contributed by atoms with Crippen molar-refractivity contribution in [2.24, 2.45) is 0 Å². The second kappa shape index (κ2) is 8.75. The Kier molecular flexibility index (Phi) is 6.69. The number of para-hydroxylation sites is 1. The zero-order valence-electron chi connectivity index (χ0n) is 14.4. The van der Waals surface area contributed by atoms with Crippen LogP contribution in [0.25, 0.3) is 0 Å². The summed E-state index contributed by atoms with van der Waals surface area (Å²) in [5.41, 5.74) is 0.0420. The molecule has 2 amide bonds. The first-order valence-corrected chi connectivity index (χ1v) is 8.20. The Bertz CT molecular complexity index is 613. The Balaban J connectivity index is 2.17. The van der Waals surface area contributed by atoms with E-state index in [0.29, 0.717) is 32.5 Å². The van der Waals surface area contributed by atoms with E-state index in [-0.39, 0.29) is 17.2 Å². The van der Waals surface area contributed by atoms with E-state index < -0.39 is 18.6 Å². The second-order valence-corrected chi connectivity index (χ2v) is 5.89. The maximum atomic E-state index is 12.8. The fourth-order valence-corrected chi connectivity index (χ4v) is 2.91. The highest BCUT2D eigenvalue weighted by Gasteiger charge is 2.36. The Morgan fingerprint density at radius 1 is 1.40 bits per heavy atom. The number of hydrogen-bond acceptors (Lipinski definition) is 4. The highest BCUT2D eigenvalue weighted by atomic mass is 19.3. The largest absolute Gasteiger partial charge is 0.434 e. The molecule has 0 bridgehead atoms. The van der Waals surface area contributed by atoms with Crippen LogP contribution in [0.1, 0.15) is 23.2 Å². The van der Waals surface area contributed by atoms with Crippen molar-refractivity contribution in [1.29, 1.82) is 0 Å². The van der Waals surface area contributed by atoms with Crippen LogP contribution in [-0.2, 0) is 4.79 Å². The summed E-state index contributed by atoms with van der Waals surface area (Å²) in [4.78, 5) is 28.5. The van der Waals surface area contributed by atoms with Gasteiger partial charge in [0, 0.05) is 26.7 Å². The van der Waals surface area contributed by atoms with Crippen molar-refractivity contribution < 1.29 is 23.1 Å². The van der Waals surface area contributed by atoms with Gasteiger partial charge in [0.25, 0.3) is 5.91 Å². The number of nitrogens with one attached hydrogen (secondary N) is 1. The van der Waals surface area contributed by atoms with Gasteiger partial charge < -0.3 is 19.9 Å². The SMILES string of the molecule is CNCCN(C)C(=O)C1CCCN1C(=O)c1ccccc1OC(F)F. The first kappa shape index (κ1) is 19.1. The van der Waals surface area contributed by atoms with Gasteiger partial charge in [0.2, 0.25) is 5.91 Å². The van der Waals surface area contributed by atoms with Crippen LogP contribution in [0, 0.1) is 0 Å². The summed E-state index contributed by atoms with van der Waals surface area (Å²) in [7, 11) is 3.48. The minimum absolute atomic E-state index is 0.0420. The molecule has 25 heavy (non-hydrogen) atoms. The Hall–Kier alpha value is -2.22. The van der Waals surface area contributed by atoms with Crippen LogP contribution in [0.4, 0.5) is 8.78 Å². The molecular formula is C17H23F2N3O3. The van der Waals surface area contributed by atoms with Gasteiger partial charge in [0.05, 0.1) is 5.56 Å². The van der Waals surface area contributed by atoms with Gasteiger partial charge >= 0.3 is 6.61 Å². The molecule has 0 spiro atoms. The number of nitrogens with zero attached hydrogens (tertiary/aromatic N) is 2. The number of carbonyl (C=O) groups excluding carboxylic acids is 2. The third-order valence-corrected chi connectivity index (χ3v) is 4.21. The number of alkyl halides is 2. The standard InChI is InChI=1S/C17H23F2N3O3/c1-20-9-11-21(2)16(24)13-7-5-10-22(13)15(23)12-6-3-4-8-14(12)25-17(18)19/h3-4,6,8,13,17,20H,5,7,9-11H2,1-2H3. The number of amides is 2. The average Bonchev–Trinajstić information content (AvgIpc) is 3.08. The molecule has 1 aliphatic rings. The topological polar surface area (TPSA) is 61.9 Å². The first-order chi connectivity index (χ1) is 12.0. The lowest BCUT2D eigenvalue weighted by atomic mass is 10.1. The number of rotatable bonds is 7. The third kappa shape index (κ3) is 4.66. The Morgan fingerprint density at radius 2 is 2.12 bits per heavy atom. The van der Waals surface area contributed by atoms with Crippen LogP contribution in [0.5, 0.6) is 5.75 Å². The van der Waals surface area contributed by atoms with E-state index in [0.717, 1.165) is 0 Å². The van der Waals surface area contributed by atoms with Crippen LogP contribution in [0.3, 0.4) is 0 Å². The van der Waals surface area contributed by atoms with Gasteiger partial charge in [-0.15, -0.1) is 0 Å². The number of likely N-dealkylation sites (N-methyl/N-ethyl adjacent to an activating group) is 2. The van der Waals surface area contributed by atoms with Crippen LogP contribution < -0.4 is 10.1 Å². The molecule has 138 valence electrons. The molecule has 6 nitrogen and oxygen atoms in total. The summed E-state index contributed by atoms with van der Waals surface area (Å²) >= 11 is 0. The minimum Gasteiger partial charge on any atom is -0.434 e. The van der Waals surface area contributed by atoms with Gasteiger partial charge in [0.15, 0.2) is 0 Å². The average molecular weight is 355 g/mol. The van der Waals surface area contributed by atoms with Crippen molar-refractivity contribution in [2.75, 3.05) is 33.7 Å². The van der Waals surface area contributed by atoms with Crippen LogP contribution in [0.15, 0.2) is 24.3 Å². The highest BCUT2D eigenvalue weighted by Crippen LogP contribution is 2.27. The summed E-state index contributed by atoms with van der Waals surface area (Å²) in [5.74, 6) is -0.786. The van der Waals surface area contributed by atoms with Crippen molar-refractivity contribution in [3.05, 3.63) is 29.8 Å². The van der Waals surface area contributed by atoms with E-state index in [1.807, 2.05) is 0 Å². The molecule has 1 heterocycles. The van der Waals surface area contributed by atoms with Crippen LogP contribution in [0.2, 0.25) is 0 Å². The van der Waals surface area contributed by atoms with E-state index in [2.05, 4.69) is 10.1 Å². The molecule has 0 saturated carbocycles. The summed E-state index contributed by atoms with van der Waals surface area (Å²) in [6, 6.07) is 5.29. The summed E-state index contributed by atoms with van der Waals surface area (Å²) in [5, 5.41) is 2.97. The molecule has 1 unspecified atom stereocenters. The molecule has 1 saturated heterocycles. The fourth-order valence-electron chi connectivity index (χ4n) is 2.91. The van der Waals surface area contributed by atoms with E-state index >= 15 is 0 Å². The number of likely N-dealkylation sites (tertiary alicyclic amines) is 1. The lowest BCUT2D eigenvalue weighted by molar-refractivity contribution is -0.133. The molecule has 1 aromatic rings. The normalized spacial score (nSPS) is 17.0. The van der Waals surface area contributed by atoms with Crippen molar-refractivity contribution in [2.45, 2.75) is 25.5 Å². The number of hydrogen-bond donors (Lipinski definition) is 1. The molecular weight excluding hydrogens is 332 g/mol. The lowest BCUT2D eigenvalue weighted by Gasteiger charge is -2.28. The third-order valence-electron chi connectivity index (χ3n) is 4.21. The van der Waals surface area contributed by atoms with Gasteiger partial charge in [-0.1, -0.05) is 12.1 Å². The summed E-state index contributed by atoms with van der Waals surface area (Å²) < 4.78 is 29.6. The van der Waals surface area contributed by atoms with Crippen molar-refractivity contribution >= 4 is 11.8 Å². The fraction of sp³-hybridized carbons (Fsp3) is 0.529. The van der Waals surface area contributed by atoms with Gasteiger partial charge in [-0.25, -0.2) is 0 Å². The zero-order chi connectivity index (χ0) is 18.4. The molecule has 0 aromatic heterocycles. The van der Waals surface area contributed by atoms with Crippen molar-refractivity contribution in [3.8, 4) is 5.75 Å². The van der Waals surface area contributed by atoms with E-state index in [4.69, 9.17) is 0 Å². The first-order valence-electron chi connectivity index (χ1n) is 8.20. The quantitative estimate of drug-likeness (QED) is 0.807. The zero-order valence-corrected chi connectivity index (χ0v) is 14.4. The second-order valence-electron chi connectivity index (χ2n) is 5.89. The van der Waals surface area contributed by atoms with Gasteiger partial charge in [0.1, 0.15) is 11.8 Å². The lowest BCUT2D eigenvalue weighted by Crippen LogP contribution is -2.47. The predicted octanol–water partition coefficient (Wildman–Crippen LogP) is 1.57. The van der Waals surface area contributed by atoms with E-state index in [1.165, 1.54) is 23.1 Å². The smallest absolute Gasteiger partial charge is 0.387 e. The molecule has 0 aliphatic carbocycles. The summed E-state index contributed by atoms with van der Waals surface area (Å²) in [6.07, 6.45) is 1.26. The molecule has 1 fully saturated rings. The molecule has 1 atom stereocenters. The molecule has 2 rings (SSSR count). The van der Waals surface area contributed by atoms with Crippen molar-refractivity contribution in [1.82, 2.24) is 15.1 Å². The van der Waals surface area contributed by atoms with Crippen LogP contribution >= 0.6 is 0 Å². The van der Waals surface area contributed by atoms with Gasteiger partial charge in [-0.05, 0) is 32.0 Å². The number of carbonyl (C=O) groups is 2. The van der Waals surface area contributed by atoms with E-state index in [1.54, 1.807) is 25.1 Å². The number of benzene rings is 1. The molecule has 1 N–H and O–H groups in total. The molecule has 0 radical (unpaired) electrons. The van der Waals surface area contributed by atoms with Crippen molar-refractivity contribution in [3.63, 3.8) is 0 Å². The van der Waals surface area contributed by atoms with Gasteiger partial charge in [-0.3, -0.25) is 9.59 Å².